The number of fused-ring (bicyclic) bond motifs is 2. The fourth-order valence-electron chi connectivity index (χ4n) is 3.93. The lowest BCUT2D eigenvalue weighted by Crippen LogP contribution is -2.59. The number of rotatable bonds is 3. The van der Waals surface area contributed by atoms with E-state index in [2.05, 4.69) is 0 Å². The molecule has 1 aliphatic heterocycles. The normalized spacial score (nSPS) is 34.1. The number of hydrogen-bond acceptors (Lipinski definition) is 11. The van der Waals surface area contributed by atoms with Crippen molar-refractivity contribution in [2.75, 3.05) is 6.61 Å². The number of aliphatic hydroxyl groups excluding tert-OH is 5. The molecule has 0 amide bonds. The maximum absolute atomic E-state index is 12.9. The van der Waals surface area contributed by atoms with Crippen molar-refractivity contribution in [3.05, 3.63) is 33.7 Å². The van der Waals surface area contributed by atoms with E-state index in [0.29, 0.717) is 0 Å². The minimum atomic E-state index is -1.65. The molecule has 30 heavy (non-hydrogen) atoms. The molecule has 11 nitrogen and oxygen atoms in total. The van der Waals surface area contributed by atoms with Crippen molar-refractivity contribution in [3.8, 4) is 11.5 Å². The van der Waals surface area contributed by atoms with Crippen LogP contribution in [0.5, 0.6) is 11.5 Å². The van der Waals surface area contributed by atoms with Crippen LogP contribution in [0.3, 0.4) is 0 Å². The van der Waals surface area contributed by atoms with E-state index < -0.39 is 60.7 Å². The molecule has 0 spiro atoms. The number of hydrogen-bond donors (Lipinski definition) is 7. The molecule has 2 heterocycles. The third-order valence-corrected chi connectivity index (χ3v) is 5.50. The zero-order valence-electron chi connectivity index (χ0n) is 15.6. The molecule has 0 bridgehead atoms. The van der Waals surface area contributed by atoms with Gasteiger partial charge in [-0.05, 0) is 12.8 Å². The molecular weight excluding hydrogens is 404 g/mol. The predicted octanol–water partition coefficient (Wildman–Crippen LogP) is -1.11. The van der Waals surface area contributed by atoms with Gasteiger partial charge >= 0.3 is 0 Å². The van der Waals surface area contributed by atoms with Crippen molar-refractivity contribution in [1.82, 2.24) is 0 Å². The van der Waals surface area contributed by atoms with Gasteiger partial charge in [-0.1, -0.05) is 0 Å². The van der Waals surface area contributed by atoms with Crippen molar-refractivity contribution >= 4 is 11.0 Å². The Bertz CT molecular complexity index is 1000. The number of aliphatic hydroxyl groups is 5. The fraction of sp³-hybridized carbons (Fsp3) is 0.526. The summed E-state index contributed by atoms with van der Waals surface area (Å²) >= 11 is 0. The molecule has 0 radical (unpaired) electrons. The molecule has 1 fully saturated rings. The van der Waals surface area contributed by atoms with Crippen LogP contribution in [0.4, 0.5) is 0 Å². The Morgan fingerprint density at radius 1 is 1.03 bits per heavy atom. The second kappa shape index (κ2) is 7.78. The molecule has 2 aromatic rings. The monoisotopic (exact) mass is 426 g/mol. The van der Waals surface area contributed by atoms with E-state index >= 15 is 0 Å². The molecule has 2 unspecified atom stereocenters. The van der Waals surface area contributed by atoms with E-state index in [4.69, 9.17) is 13.9 Å². The summed E-state index contributed by atoms with van der Waals surface area (Å²) < 4.78 is 16.7. The fourth-order valence-corrected chi connectivity index (χ4v) is 3.93. The van der Waals surface area contributed by atoms with E-state index in [1.165, 1.54) is 0 Å². The third kappa shape index (κ3) is 3.34. The minimum Gasteiger partial charge on any atom is -0.508 e. The van der Waals surface area contributed by atoms with E-state index in [1.54, 1.807) is 0 Å². The second-order valence-corrected chi connectivity index (χ2v) is 7.46. The van der Waals surface area contributed by atoms with Crippen molar-refractivity contribution in [3.63, 3.8) is 0 Å². The summed E-state index contributed by atoms with van der Waals surface area (Å²) in [4.78, 5) is 12.9. The van der Waals surface area contributed by atoms with Gasteiger partial charge in [0.05, 0.1) is 18.3 Å². The van der Waals surface area contributed by atoms with Crippen LogP contribution >= 0.6 is 0 Å². The molecule has 4 rings (SSSR count). The van der Waals surface area contributed by atoms with Crippen molar-refractivity contribution < 1.29 is 49.6 Å². The van der Waals surface area contributed by atoms with Gasteiger partial charge in [-0.25, -0.2) is 0 Å². The molecule has 2 aliphatic rings. The third-order valence-electron chi connectivity index (χ3n) is 5.50. The minimum absolute atomic E-state index is 0.0757. The first-order valence-corrected chi connectivity index (χ1v) is 9.39. The van der Waals surface area contributed by atoms with Crippen molar-refractivity contribution in [2.24, 2.45) is 0 Å². The Morgan fingerprint density at radius 2 is 1.77 bits per heavy atom. The molecule has 1 saturated heterocycles. The largest absolute Gasteiger partial charge is 0.508 e. The number of phenols is 2. The number of phenolic OH excluding ortho intramolecular Hbond substituents is 2. The topological polar surface area (TPSA) is 190 Å². The zero-order chi connectivity index (χ0) is 21.7. The summed E-state index contributed by atoms with van der Waals surface area (Å²) in [7, 11) is 0. The maximum atomic E-state index is 12.9. The summed E-state index contributed by atoms with van der Waals surface area (Å²) in [5.74, 6) is -0.926. The van der Waals surface area contributed by atoms with Gasteiger partial charge in [-0.15, -0.1) is 0 Å². The lowest BCUT2D eigenvalue weighted by Gasteiger charge is -2.41. The van der Waals surface area contributed by atoms with Gasteiger partial charge in [0.1, 0.15) is 58.7 Å². The number of ether oxygens (including phenoxy) is 2. The Labute approximate surface area is 169 Å². The number of benzene rings is 1. The molecule has 164 valence electrons. The van der Waals surface area contributed by atoms with Crippen LogP contribution in [-0.2, 0) is 9.47 Å². The maximum Gasteiger partial charge on any atom is 0.202 e. The highest BCUT2D eigenvalue weighted by molar-refractivity contribution is 5.85. The molecule has 7 N–H and O–H groups in total. The highest BCUT2D eigenvalue weighted by Gasteiger charge is 2.46. The molecule has 1 aromatic heterocycles. The van der Waals surface area contributed by atoms with Crippen LogP contribution in [0.25, 0.3) is 11.0 Å². The smallest absolute Gasteiger partial charge is 0.202 e. The highest BCUT2D eigenvalue weighted by Crippen LogP contribution is 2.41. The van der Waals surface area contributed by atoms with E-state index in [9.17, 15) is 40.5 Å². The first-order valence-electron chi connectivity index (χ1n) is 9.39. The van der Waals surface area contributed by atoms with Gasteiger partial charge in [0.15, 0.2) is 6.29 Å². The van der Waals surface area contributed by atoms with Gasteiger partial charge in [0.2, 0.25) is 5.43 Å². The first-order chi connectivity index (χ1) is 14.2. The Balaban J connectivity index is 1.74. The summed E-state index contributed by atoms with van der Waals surface area (Å²) in [5.41, 5.74) is -0.963. The van der Waals surface area contributed by atoms with Gasteiger partial charge in [0.25, 0.3) is 0 Å². The van der Waals surface area contributed by atoms with Crippen LogP contribution in [0, 0.1) is 0 Å². The quantitative estimate of drug-likeness (QED) is 0.315. The summed E-state index contributed by atoms with van der Waals surface area (Å²) in [5, 5.41) is 69.2. The molecule has 1 aromatic carbocycles. The average Bonchev–Trinajstić information content (AvgIpc) is 2.69. The zero-order valence-corrected chi connectivity index (χ0v) is 15.6. The summed E-state index contributed by atoms with van der Waals surface area (Å²) in [6.07, 6.45) is -9.43. The van der Waals surface area contributed by atoms with Crippen molar-refractivity contribution in [1.29, 1.82) is 0 Å². The SMILES string of the molecule is O=c1c2c(oc3cc(O)cc(O)c13)C(O[C@@H]1O[C@H](CO)[C@@H](O)[C@H](O)[C@H]1O)CCC2O. The van der Waals surface area contributed by atoms with Crippen LogP contribution in [-0.4, -0.2) is 73.1 Å². The molecule has 1 aliphatic carbocycles. The number of aromatic hydroxyl groups is 2. The predicted molar refractivity (Wildman–Crippen MR) is 97.6 cm³/mol. The second-order valence-electron chi connectivity index (χ2n) is 7.46. The van der Waals surface area contributed by atoms with Gasteiger partial charge in [-0.3, -0.25) is 4.79 Å². The van der Waals surface area contributed by atoms with Crippen LogP contribution in [0.15, 0.2) is 21.3 Å². The Kier molecular flexibility index (Phi) is 5.45. The molecule has 0 saturated carbocycles. The summed E-state index contributed by atoms with van der Waals surface area (Å²) in [6.45, 7) is -0.636. The lowest BCUT2D eigenvalue weighted by atomic mass is 9.90. The van der Waals surface area contributed by atoms with Crippen LogP contribution < -0.4 is 5.43 Å². The van der Waals surface area contributed by atoms with E-state index in [1.807, 2.05) is 0 Å². The Morgan fingerprint density at radius 3 is 2.47 bits per heavy atom. The van der Waals surface area contributed by atoms with Gasteiger partial charge < -0.3 is 49.6 Å². The molecular formula is C19H22O11. The standard InChI is InChI=1S/C19H22O11/c20-5-11-14(24)16(26)17(27)19(30-11)29-9-2-1-7(22)13-15(25)12-8(23)3-6(21)4-10(12)28-18(9)13/h3-4,7,9,11,14,16-17,19-24,26-27H,1-2,5H2/t7?,9?,11-,14-,16+,17-,19-/m1/s1. The van der Waals surface area contributed by atoms with Gasteiger partial charge in [-0.2, -0.15) is 0 Å². The van der Waals surface area contributed by atoms with Crippen LogP contribution in [0.2, 0.25) is 0 Å². The Hall–Kier alpha value is -2.25. The van der Waals surface area contributed by atoms with E-state index in [-0.39, 0.29) is 40.9 Å². The lowest BCUT2D eigenvalue weighted by molar-refractivity contribution is -0.315. The van der Waals surface area contributed by atoms with Gasteiger partial charge in [0, 0.05) is 12.1 Å². The van der Waals surface area contributed by atoms with Crippen LogP contribution in [0.1, 0.15) is 36.4 Å². The summed E-state index contributed by atoms with van der Waals surface area (Å²) in [6, 6.07) is 2.10. The van der Waals surface area contributed by atoms with E-state index in [0.717, 1.165) is 12.1 Å². The average molecular weight is 426 g/mol. The molecule has 7 atom stereocenters. The van der Waals surface area contributed by atoms with Crippen molar-refractivity contribution in [2.45, 2.75) is 55.8 Å². The first kappa shape index (κ1) is 21.0. The molecule has 11 heteroatoms. The highest BCUT2D eigenvalue weighted by atomic mass is 16.7.